The molecule has 0 aliphatic carbocycles. The quantitative estimate of drug-likeness (QED) is 0.834. The van der Waals surface area contributed by atoms with Gasteiger partial charge in [0.25, 0.3) is 0 Å². The third-order valence-electron chi connectivity index (χ3n) is 2.63. The highest BCUT2D eigenvalue weighted by molar-refractivity contribution is 5.91. The predicted octanol–water partition coefficient (Wildman–Crippen LogP) is 3.28. The summed E-state index contributed by atoms with van der Waals surface area (Å²) in [5, 5.41) is 0. The molecule has 0 N–H and O–H groups in total. The molecule has 1 heterocycles. The minimum absolute atomic E-state index is 0.115. The normalized spacial score (nSPS) is 10.4. The first-order valence-corrected chi connectivity index (χ1v) is 5.65. The van der Waals surface area contributed by atoms with Crippen molar-refractivity contribution < 1.29 is 13.6 Å². The average Bonchev–Trinajstić information content (AvgIpc) is 2.73. The summed E-state index contributed by atoms with van der Waals surface area (Å²) < 4.78 is 18.3. The molecule has 0 saturated heterocycles. The second-order valence-electron chi connectivity index (χ2n) is 4.09. The van der Waals surface area contributed by atoms with Crippen molar-refractivity contribution >= 4 is 11.6 Å². The van der Waals surface area contributed by atoms with Gasteiger partial charge in [-0.3, -0.25) is 4.79 Å². The zero-order valence-corrected chi connectivity index (χ0v) is 10.3. The molecule has 1 amide bonds. The van der Waals surface area contributed by atoms with Gasteiger partial charge in [0.05, 0.1) is 6.54 Å². The Morgan fingerprint density at radius 2 is 1.89 bits per heavy atom. The Bertz CT molecular complexity index is 545. The first-order valence-electron chi connectivity index (χ1n) is 5.65. The molecule has 0 aliphatic rings. The fourth-order valence-electron chi connectivity index (χ4n) is 1.73. The van der Waals surface area contributed by atoms with E-state index in [2.05, 4.69) is 0 Å². The molecule has 2 rings (SSSR count). The van der Waals surface area contributed by atoms with Crippen LogP contribution in [0.1, 0.15) is 18.4 Å². The van der Waals surface area contributed by atoms with Crippen molar-refractivity contribution in [2.75, 3.05) is 4.90 Å². The summed E-state index contributed by atoms with van der Waals surface area (Å²) in [5.41, 5.74) is 0.651. The van der Waals surface area contributed by atoms with Gasteiger partial charge in [-0.05, 0) is 43.3 Å². The summed E-state index contributed by atoms with van der Waals surface area (Å²) >= 11 is 0. The van der Waals surface area contributed by atoms with E-state index in [0.717, 1.165) is 5.76 Å². The number of hydrogen-bond donors (Lipinski definition) is 0. The number of hydrogen-bond acceptors (Lipinski definition) is 2. The third-order valence-corrected chi connectivity index (χ3v) is 2.63. The fraction of sp³-hybridized carbons (Fsp3) is 0.214. The Morgan fingerprint density at radius 1 is 1.22 bits per heavy atom. The van der Waals surface area contributed by atoms with E-state index in [0.29, 0.717) is 18.0 Å². The van der Waals surface area contributed by atoms with Crippen LogP contribution >= 0.6 is 0 Å². The Labute approximate surface area is 105 Å². The summed E-state index contributed by atoms with van der Waals surface area (Å²) in [6, 6.07) is 9.49. The number of aryl methyl sites for hydroxylation is 1. The number of carbonyl (C=O) groups excluding carboxylic acids is 1. The monoisotopic (exact) mass is 247 g/mol. The highest BCUT2D eigenvalue weighted by Crippen LogP contribution is 2.19. The van der Waals surface area contributed by atoms with E-state index in [9.17, 15) is 9.18 Å². The minimum Gasteiger partial charge on any atom is -0.464 e. The predicted molar refractivity (Wildman–Crippen MR) is 66.7 cm³/mol. The third kappa shape index (κ3) is 2.77. The van der Waals surface area contributed by atoms with Gasteiger partial charge in [-0.2, -0.15) is 0 Å². The van der Waals surface area contributed by atoms with Crippen molar-refractivity contribution in [3.05, 3.63) is 53.7 Å². The minimum atomic E-state index is -0.323. The average molecular weight is 247 g/mol. The number of nitrogens with zero attached hydrogens (tertiary/aromatic N) is 1. The SMILES string of the molecule is CC(=O)N(Cc1ccc(C)o1)c1ccc(F)cc1. The summed E-state index contributed by atoms with van der Waals surface area (Å²) in [7, 11) is 0. The van der Waals surface area contributed by atoms with E-state index >= 15 is 0 Å². The molecule has 1 aromatic carbocycles. The lowest BCUT2D eigenvalue weighted by Gasteiger charge is -2.19. The maximum atomic E-state index is 12.9. The van der Waals surface area contributed by atoms with Gasteiger partial charge in [0, 0.05) is 12.6 Å². The topological polar surface area (TPSA) is 33.5 Å². The van der Waals surface area contributed by atoms with E-state index in [4.69, 9.17) is 4.42 Å². The fourth-order valence-corrected chi connectivity index (χ4v) is 1.73. The molecule has 94 valence electrons. The van der Waals surface area contributed by atoms with Crippen LogP contribution in [0.15, 0.2) is 40.8 Å². The van der Waals surface area contributed by atoms with Crippen LogP contribution in [-0.4, -0.2) is 5.91 Å². The van der Waals surface area contributed by atoms with Crippen molar-refractivity contribution in [1.29, 1.82) is 0 Å². The molecule has 18 heavy (non-hydrogen) atoms. The van der Waals surface area contributed by atoms with E-state index in [1.807, 2.05) is 19.1 Å². The first kappa shape index (κ1) is 12.4. The molecular formula is C14H14FNO2. The first-order chi connectivity index (χ1) is 8.56. The van der Waals surface area contributed by atoms with Crippen LogP contribution < -0.4 is 4.90 Å². The van der Waals surface area contributed by atoms with Gasteiger partial charge < -0.3 is 9.32 Å². The Kier molecular flexibility index (Phi) is 3.46. The number of benzene rings is 1. The Morgan fingerprint density at radius 3 is 2.39 bits per heavy atom. The number of halogens is 1. The van der Waals surface area contributed by atoms with E-state index in [1.54, 1.807) is 12.1 Å². The van der Waals surface area contributed by atoms with Crippen molar-refractivity contribution in [3.63, 3.8) is 0 Å². The molecule has 2 aromatic rings. The number of amides is 1. The Hall–Kier alpha value is -2.10. The maximum Gasteiger partial charge on any atom is 0.224 e. The molecular weight excluding hydrogens is 233 g/mol. The zero-order valence-electron chi connectivity index (χ0n) is 10.3. The second kappa shape index (κ2) is 5.04. The van der Waals surface area contributed by atoms with E-state index < -0.39 is 0 Å². The van der Waals surface area contributed by atoms with Gasteiger partial charge in [0.15, 0.2) is 0 Å². The molecule has 0 spiro atoms. The number of carbonyl (C=O) groups is 1. The largest absolute Gasteiger partial charge is 0.464 e. The van der Waals surface area contributed by atoms with E-state index in [1.165, 1.54) is 24.0 Å². The smallest absolute Gasteiger partial charge is 0.224 e. The van der Waals surface area contributed by atoms with E-state index in [-0.39, 0.29) is 11.7 Å². The van der Waals surface area contributed by atoms with Crippen LogP contribution in [0.4, 0.5) is 10.1 Å². The summed E-state index contributed by atoms with van der Waals surface area (Å²) in [6.07, 6.45) is 0. The van der Waals surface area contributed by atoms with Crippen molar-refractivity contribution in [2.24, 2.45) is 0 Å². The van der Waals surface area contributed by atoms with Gasteiger partial charge in [-0.15, -0.1) is 0 Å². The lowest BCUT2D eigenvalue weighted by atomic mass is 10.2. The molecule has 0 unspecified atom stereocenters. The number of furan rings is 1. The van der Waals surface area contributed by atoms with Gasteiger partial charge in [0.2, 0.25) is 5.91 Å². The standard InChI is InChI=1S/C14H14FNO2/c1-10-3-8-14(18-10)9-16(11(2)17)13-6-4-12(15)5-7-13/h3-8H,9H2,1-2H3. The van der Waals surface area contributed by atoms with Gasteiger partial charge in [-0.25, -0.2) is 4.39 Å². The summed E-state index contributed by atoms with van der Waals surface area (Å²) in [4.78, 5) is 13.2. The number of rotatable bonds is 3. The molecule has 3 nitrogen and oxygen atoms in total. The highest BCUT2D eigenvalue weighted by atomic mass is 19.1. The van der Waals surface area contributed by atoms with Crippen LogP contribution in [0.5, 0.6) is 0 Å². The highest BCUT2D eigenvalue weighted by Gasteiger charge is 2.13. The van der Waals surface area contributed by atoms with Gasteiger partial charge in [-0.1, -0.05) is 0 Å². The molecule has 0 saturated carbocycles. The van der Waals surface area contributed by atoms with Crippen LogP contribution in [0.3, 0.4) is 0 Å². The maximum absolute atomic E-state index is 12.9. The lowest BCUT2D eigenvalue weighted by Crippen LogP contribution is -2.27. The Balaban J connectivity index is 2.23. The van der Waals surface area contributed by atoms with Crippen molar-refractivity contribution in [1.82, 2.24) is 0 Å². The van der Waals surface area contributed by atoms with Crippen LogP contribution in [-0.2, 0) is 11.3 Å². The number of anilines is 1. The molecule has 0 atom stereocenters. The van der Waals surface area contributed by atoms with Crippen LogP contribution in [0.2, 0.25) is 0 Å². The molecule has 0 bridgehead atoms. The molecule has 0 radical (unpaired) electrons. The lowest BCUT2D eigenvalue weighted by molar-refractivity contribution is -0.116. The van der Waals surface area contributed by atoms with Crippen LogP contribution in [0.25, 0.3) is 0 Å². The van der Waals surface area contributed by atoms with Crippen molar-refractivity contribution in [3.8, 4) is 0 Å². The molecule has 0 fully saturated rings. The molecule has 4 heteroatoms. The summed E-state index contributed by atoms with van der Waals surface area (Å²) in [5.74, 6) is 1.06. The zero-order chi connectivity index (χ0) is 13.1. The van der Waals surface area contributed by atoms with Crippen LogP contribution in [0, 0.1) is 12.7 Å². The second-order valence-corrected chi connectivity index (χ2v) is 4.09. The molecule has 1 aromatic heterocycles. The van der Waals surface area contributed by atoms with Gasteiger partial charge in [0.1, 0.15) is 17.3 Å². The van der Waals surface area contributed by atoms with Crippen molar-refractivity contribution in [2.45, 2.75) is 20.4 Å². The summed E-state index contributed by atoms with van der Waals surface area (Å²) in [6.45, 7) is 3.66. The van der Waals surface area contributed by atoms with Gasteiger partial charge >= 0.3 is 0 Å². The molecule has 0 aliphatic heterocycles.